The molecule has 0 spiro atoms. The summed E-state index contributed by atoms with van der Waals surface area (Å²) in [5.74, 6) is -0.199. The molecule has 102 valence electrons. The van der Waals surface area contributed by atoms with Crippen LogP contribution >= 0.6 is 11.6 Å². The monoisotopic (exact) mass is 287 g/mol. The predicted octanol–water partition coefficient (Wildman–Crippen LogP) is 3.51. The highest BCUT2D eigenvalue weighted by atomic mass is 35.5. The second kappa shape index (κ2) is 5.10. The first kappa shape index (κ1) is 14.3. The van der Waals surface area contributed by atoms with E-state index in [-0.39, 0.29) is 11.4 Å². The molecule has 20 heavy (non-hydrogen) atoms. The third kappa shape index (κ3) is 2.89. The number of nitrogens with zero attached hydrogens (tertiary/aromatic N) is 3. The number of hydrogen-bond donors (Lipinski definition) is 0. The van der Waals surface area contributed by atoms with Crippen LogP contribution in [0.4, 0.5) is 0 Å². The van der Waals surface area contributed by atoms with Gasteiger partial charge in [-0.3, -0.25) is 4.79 Å². The number of pyridine rings is 1. The molecule has 0 aliphatic carbocycles. The van der Waals surface area contributed by atoms with Gasteiger partial charge in [-0.15, -0.1) is 0 Å². The average Bonchev–Trinajstić information content (AvgIpc) is 2.75. The Morgan fingerprint density at radius 3 is 2.70 bits per heavy atom. The third-order valence-electron chi connectivity index (χ3n) is 2.77. The maximum atomic E-state index is 12.1. The first-order valence-electron chi connectivity index (χ1n) is 6.12. The van der Waals surface area contributed by atoms with E-state index in [0.717, 1.165) is 0 Å². The van der Waals surface area contributed by atoms with Crippen LogP contribution in [-0.2, 0) is 4.79 Å². The number of fused-ring (bicyclic) bond motifs is 1. The molecule has 0 atom stereocenters. The van der Waals surface area contributed by atoms with Gasteiger partial charge in [0.15, 0.2) is 5.78 Å². The molecular formula is C15H14ClN3O. The number of carbonyl (C=O) groups excluding carboxylic acids is 1. The minimum atomic E-state index is -0.593. The average molecular weight is 288 g/mol. The lowest BCUT2D eigenvalue weighted by atomic mass is 9.86. The largest absolute Gasteiger partial charge is 0.305 e. The Bertz CT molecular complexity index is 745. The van der Waals surface area contributed by atoms with Gasteiger partial charge in [0.05, 0.1) is 16.3 Å². The van der Waals surface area contributed by atoms with Crippen LogP contribution in [0, 0.1) is 16.7 Å². The topological polar surface area (TPSA) is 58.2 Å². The summed E-state index contributed by atoms with van der Waals surface area (Å²) in [6.07, 6.45) is 4.96. The van der Waals surface area contributed by atoms with E-state index in [1.165, 1.54) is 6.08 Å². The van der Waals surface area contributed by atoms with Crippen molar-refractivity contribution in [2.75, 3.05) is 0 Å². The van der Waals surface area contributed by atoms with Crippen molar-refractivity contribution in [3.05, 3.63) is 40.8 Å². The molecule has 0 N–H and O–H groups in total. The van der Waals surface area contributed by atoms with E-state index in [1.807, 2.05) is 6.07 Å². The van der Waals surface area contributed by atoms with Crippen molar-refractivity contribution in [3.63, 3.8) is 0 Å². The molecule has 0 radical (unpaired) electrons. The van der Waals surface area contributed by atoms with E-state index in [4.69, 9.17) is 16.9 Å². The summed E-state index contributed by atoms with van der Waals surface area (Å²) >= 11 is 5.90. The molecule has 0 saturated carbocycles. The SMILES string of the molecule is CC(C)(C)C(=O)C(C#N)=Cc1cn2cc(Cl)ccc2n1. The summed E-state index contributed by atoms with van der Waals surface area (Å²) in [6, 6.07) is 5.46. The number of hydrogen-bond acceptors (Lipinski definition) is 3. The zero-order valence-electron chi connectivity index (χ0n) is 11.5. The van der Waals surface area contributed by atoms with Crippen molar-refractivity contribution < 1.29 is 4.79 Å². The maximum Gasteiger partial charge on any atom is 0.178 e. The summed E-state index contributed by atoms with van der Waals surface area (Å²) in [4.78, 5) is 16.5. The molecule has 4 nitrogen and oxygen atoms in total. The van der Waals surface area contributed by atoms with Crippen LogP contribution in [0.1, 0.15) is 26.5 Å². The molecule has 2 aromatic rings. The number of Topliss-reactive ketones (excluding diaryl/α,β-unsaturated/α-hetero) is 1. The Hall–Kier alpha value is -2.12. The van der Waals surface area contributed by atoms with E-state index in [2.05, 4.69) is 4.98 Å². The molecule has 0 aliphatic rings. The number of nitriles is 1. The van der Waals surface area contributed by atoms with Crippen LogP contribution in [0.2, 0.25) is 5.02 Å². The van der Waals surface area contributed by atoms with Gasteiger partial charge < -0.3 is 4.40 Å². The van der Waals surface area contributed by atoms with Crippen molar-refractivity contribution in [3.8, 4) is 6.07 Å². The molecule has 0 bridgehead atoms. The van der Waals surface area contributed by atoms with Gasteiger partial charge in [-0.25, -0.2) is 4.98 Å². The van der Waals surface area contributed by atoms with Gasteiger partial charge in [0.2, 0.25) is 0 Å². The fourth-order valence-corrected chi connectivity index (χ4v) is 1.92. The zero-order chi connectivity index (χ0) is 14.9. The Balaban J connectivity index is 2.45. The summed E-state index contributed by atoms with van der Waals surface area (Å²) < 4.78 is 1.75. The standard InChI is InChI=1S/C15H14ClN3O/c1-15(2,3)14(20)10(7-17)6-12-9-19-8-11(16)4-5-13(19)18-12/h4-6,8-9H,1-3H3. The van der Waals surface area contributed by atoms with Crippen LogP contribution in [0.3, 0.4) is 0 Å². The Labute approximate surface area is 122 Å². The second-order valence-electron chi connectivity index (χ2n) is 5.53. The van der Waals surface area contributed by atoms with Crippen LogP contribution in [-0.4, -0.2) is 15.2 Å². The van der Waals surface area contributed by atoms with E-state index < -0.39 is 5.41 Å². The summed E-state index contributed by atoms with van der Waals surface area (Å²) in [5, 5.41) is 9.74. The fourth-order valence-electron chi connectivity index (χ4n) is 1.75. The Kier molecular flexibility index (Phi) is 3.65. The fraction of sp³-hybridized carbons (Fsp3) is 0.267. The predicted molar refractivity (Wildman–Crippen MR) is 78.3 cm³/mol. The molecule has 2 heterocycles. The first-order valence-corrected chi connectivity index (χ1v) is 6.50. The lowest BCUT2D eigenvalue weighted by Gasteiger charge is -2.15. The van der Waals surface area contributed by atoms with Gasteiger partial charge in [0.1, 0.15) is 11.7 Å². The zero-order valence-corrected chi connectivity index (χ0v) is 12.3. The van der Waals surface area contributed by atoms with Crippen LogP contribution in [0.5, 0.6) is 0 Å². The first-order chi connectivity index (χ1) is 9.31. The minimum absolute atomic E-state index is 0.104. The van der Waals surface area contributed by atoms with Gasteiger partial charge in [0, 0.05) is 17.8 Å². The number of aromatic nitrogens is 2. The van der Waals surface area contributed by atoms with Gasteiger partial charge in [-0.2, -0.15) is 5.26 Å². The van der Waals surface area contributed by atoms with E-state index in [9.17, 15) is 4.79 Å². The highest BCUT2D eigenvalue weighted by Crippen LogP contribution is 2.21. The molecule has 0 fully saturated rings. The molecule has 0 amide bonds. The summed E-state index contributed by atoms with van der Waals surface area (Å²) in [5.41, 5.74) is 0.777. The van der Waals surface area contributed by atoms with E-state index in [1.54, 1.807) is 49.7 Å². The van der Waals surface area contributed by atoms with Gasteiger partial charge >= 0.3 is 0 Å². The van der Waals surface area contributed by atoms with Crippen molar-refractivity contribution in [1.29, 1.82) is 5.26 Å². The smallest absolute Gasteiger partial charge is 0.178 e. The molecule has 2 rings (SSSR count). The molecule has 0 unspecified atom stereocenters. The number of ketones is 1. The number of halogens is 1. The second-order valence-corrected chi connectivity index (χ2v) is 5.96. The lowest BCUT2D eigenvalue weighted by Crippen LogP contribution is -2.21. The lowest BCUT2D eigenvalue weighted by molar-refractivity contribution is -0.121. The highest BCUT2D eigenvalue weighted by molar-refractivity contribution is 6.30. The van der Waals surface area contributed by atoms with Gasteiger partial charge in [-0.05, 0) is 18.2 Å². The number of rotatable bonds is 2. The normalized spacial score (nSPS) is 12.4. The number of imidazole rings is 1. The molecule has 2 aromatic heterocycles. The molecule has 5 heteroatoms. The van der Waals surface area contributed by atoms with E-state index in [0.29, 0.717) is 16.4 Å². The highest BCUT2D eigenvalue weighted by Gasteiger charge is 2.25. The molecular weight excluding hydrogens is 274 g/mol. The van der Waals surface area contributed by atoms with Crippen LogP contribution < -0.4 is 0 Å². The van der Waals surface area contributed by atoms with Crippen molar-refractivity contribution >= 4 is 29.1 Å². The molecule has 0 saturated heterocycles. The van der Waals surface area contributed by atoms with Gasteiger partial charge in [-0.1, -0.05) is 32.4 Å². The molecule has 0 aromatic carbocycles. The van der Waals surface area contributed by atoms with Gasteiger partial charge in [0.25, 0.3) is 0 Å². The number of allylic oxidation sites excluding steroid dienone is 1. The Morgan fingerprint density at radius 1 is 1.40 bits per heavy atom. The summed E-state index contributed by atoms with van der Waals surface area (Å²) in [7, 11) is 0. The third-order valence-corrected chi connectivity index (χ3v) is 3.00. The number of carbonyl (C=O) groups is 1. The maximum absolute atomic E-state index is 12.1. The van der Waals surface area contributed by atoms with E-state index >= 15 is 0 Å². The van der Waals surface area contributed by atoms with Crippen LogP contribution in [0.25, 0.3) is 11.7 Å². The quantitative estimate of drug-likeness (QED) is 0.627. The van der Waals surface area contributed by atoms with Crippen molar-refractivity contribution in [1.82, 2.24) is 9.38 Å². The molecule has 0 aliphatic heterocycles. The minimum Gasteiger partial charge on any atom is -0.305 e. The Morgan fingerprint density at radius 2 is 2.10 bits per heavy atom. The van der Waals surface area contributed by atoms with Crippen molar-refractivity contribution in [2.45, 2.75) is 20.8 Å². The van der Waals surface area contributed by atoms with Crippen molar-refractivity contribution in [2.24, 2.45) is 5.41 Å². The van der Waals surface area contributed by atoms with Crippen LogP contribution in [0.15, 0.2) is 30.1 Å². The summed E-state index contributed by atoms with van der Waals surface area (Å²) in [6.45, 7) is 5.35.